The average Bonchev–Trinajstić information content (AvgIpc) is 2.88. The first-order valence-corrected chi connectivity index (χ1v) is 7.61. The zero-order valence-electron chi connectivity index (χ0n) is 12.4. The third-order valence-corrected chi connectivity index (χ3v) is 4.31. The SMILES string of the molecule is Cc1nnc2n(Cc3ccccc3Cl)c3ccccc3n2c1=O. The van der Waals surface area contributed by atoms with Crippen molar-refractivity contribution in [3.8, 4) is 0 Å². The van der Waals surface area contributed by atoms with Crippen LogP contribution in [-0.4, -0.2) is 19.2 Å². The van der Waals surface area contributed by atoms with Crippen molar-refractivity contribution in [1.82, 2.24) is 19.2 Å². The van der Waals surface area contributed by atoms with Crippen molar-refractivity contribution < 1.29 is 0 Å². The Balaban J connectivity index is 2.07. The number of halogens is 1. The molecule has 114 valence electrons. The number of hydrogen-bond acceptors (Lipinski definition) is 3. The summed E-state index contributed by atoms with van der Waals surface area (Å²) in [7, 11) is 0. The Morgan fingerprint density at radius 3 is 2.48 bits per heavy atom. The van der Waals surface area contributed by atoms with Gasteiger partial charge in [0.05, 0.1) is 17.6 Å². The highest BCUT2D eigenvalue weighted by Gasteiger charge is 2.15. The van der Waals surface area contributed by atoms with Crippen molar-refractivity contribution >= 4 is 28.4 Å². The summed E-state index contributed by atoms with van der Waals surface area (Å²) in [6, 6.07) is 15.4. The van der Waals surface area contributed by atoms with E-state index in [1.165, 1.54) is 0 Å². The molecule has 0 N–H and O–H groups in total. The summed E-state index contributed by atoms with van der Waals surface area (Å²) >= 11 is 6.28. The van der Waals surface area contributed by atoms with Gasteiger partial charge in [0, 0.05) is 5.02 Å². The molecule has 0 fully saturated rings. The van der Waals surface area contributed by atoms with Crippen LogP contribution in [0, 0.1) is 6.92 Å². The molecule has 0 saturated heterocycles. The molecule has 0 aliphatic heterocycles. The third kappa shape index (κ3) is 2.12. The van der Waals surface area contributed by atoms with Crippen molar-refractivity contribution in [2.75, 3.05) is 0 Å². The molecule has 2 aromatic heterocycles. The van der Waals surface area contributed by atoms with Gasteiger partial charge in [-0.1, -0.05) is 41.9 Å². The summed E-state index contributed by atoms with van der Waals surface area (Å²) in [5.41, 5.74) is 2.93. The molecule has 0 amide bonds. The lowest BCUT2D eigenvalue weighted by molar-refractivity contribution is 0.797. The van der Waals surface area contributed by atoms with Gasteiger partial charge in [-0.05, 0) is 30.7 Å². The summed E-state index contributed by atoms with van der Waals surface area (Å²) in [5, 5.41) is 8.91. The molecule has 0 unspecified atom stereocenters. The molecule has 2 aromatic carbocycles. The van der Waals surface area contributed by atoms with Crippen molar-refractivity contribution in [2.45, 2.75) is 13.5 Å². The number of para-hydroxylation sites is 2. The summed E-state index contributed by atoms with van der Waals surface area (Å²) < 4.78 is 3.57. The maximum Gasteiger partial charge on any atom is 0.281 e. The van der Waals surface area contributed by atoms with Crippen molar-refractivity contribution in [3.05, 3.63) is 75.2 Å². The number of imidazole rings is 1. The van der Waals surface area contributed by atoms with Gasteiger partial charge in [0.1, 0.15) is 5.69 Å². The molecule has 0 aliphatic carbocycles. The minimum atomic E-state index is -0.149. The van der Waals surface area contributed by atoms with Gasteiger partial charge in [-0.3, -0.25) is 4.79 Å². The van der Waals surface area contributed by atoms with Gasteiger partial charge in [0.2, 0.25) is 5.78 Å². The zero-order chi connectivity index (χ0) is 16.0. The van der Waals surface area contributed by atoms with Crippen LogP contribution < -0.4 is 5.56 Å². The van der Waals surface area contributed by atoms with Crippen LogP contribution in [0.1, 0.15) is 11.3 Å². The highest BCUT2D eigenvalue weighted by atomic mass is 35.5. The normalized spacial score (nSPS) is 11.4. The molecule has 0 bridgehead atoms. The Morgan fingerprint density at radius 2 is 1.70 bits per heavy atom. The van der Waals surface area contributed by atoms with E-state index in [2.05, 4.69) is 10.2 Å². The van der Waals surface area contributed by atoms with Crippen LogP contribution in [0.4, 0.5) is 0 Å². The van der Waals surface area contributed by atoms with Crippen molar-refractivity contribution in [3.63, 3.8) is 0 Å². The highest BCUT2D eigenvalue weighted by Crippen LogP contribution is 2.22. The second kappa shape index (κ2) is 5.21. The Labute approximate surface area is 136 Å². The first-order chi connectivity index (χ1) is 11.2. The molecule has 0 spiro atoms. The van der Waals surface area contributed by atoms with Crippen LogP contribution in [0.15, 0.2) is 53.3 Å². The molecule has 4 rings (SSSR count). The molecule has 4 aromatic rings. The van der Waals surface area contributed by atoms with E-state index in [-0.39, 0.29) is 5.56 Å². The number of benzene rings is 2. The highest BCUT2D eigenvalue weighted by molar-refractivity contribution is 6.31. The molecular weight excluding hydrogens is 312 g/mol. The monoisotopic (exact) mass is 324 g/mol. The molecule has 6 heteroatoms. The topological polar surface area (TPSA) is 52.2 Å². The van der Waals surface area contributed by atoms with Crippen molar-refractivity contribution in [2.24, 2.45) is 0 Å². The van der Waals surface area contributed by atoms with Gasteiger partial charge < -0.3 is 4.57 Å². The lowest BCUT2D eigenvalue weighted by Gasteiger charge is -2.07. The van der Waals surface area contributed by atoms with Crippen LogP contribution in [-0.2, 0) is 6.54 Å². The zero-order valence-corrected chi connectivity index (χ0v) is 13.2. The summed E-state index contributed by atoms with van der Waals surface area (Å²) in [4.78, 5) is 12.5. The van der Waals surface area contributed by atoms with Gasteiger partial charge in [0.25, 0.3) is 5.56 Å². The van der Waals surface area contributed by atoms with E-state index < -0.39 is 0 Å². The van der Waals surface area contributed by atoms with Gasteiger partial charge in [-0.15, -0.1) is 10.2 Å². The van der Waals surface area contributed by atoms with E-state index in [0.717, 1.165) is 16.6 Å². The van der Waals surface area contributed by atoms with Crippen LogP contribution in [0.25, 0.3) is 16.8 Å². The van der Waals surface area contributed by atoms with E-state index in [1.54, 1.807) is 11.3 Å². The van der Waals surface area contributed by atoms with E-state index in [9.17, 15) is 4.79 Å². The fourth-order valence-corrected chi connectivity index (χ4v) is 2.99. The maximum atomic E-state index is 12.5. The maximum absolute atomic E-state index is 12.5. The predicted molar refractivity (Wildman–Crippen MR) is 90.0 cm³/mol. The fourth-order valence-electron chi connectivity index (χ4n) is 2.79. The van der Waals surface area contributed by atoms with Crippen LogP contribution >= 0.6 is 11.6 Å². The molecule has 23 heavy (non-hydrogen) atoms. The predicted octanol–water partition coefficient (Wildman–Crippen LogP) is 3.05. The number of rotatable bonds is 2. The van der Waals surface area contributed by atoms with Crippen molar-refractivity contribution in [1.29, 1.82) is 0 Å². The molecule has 0 aliphatic rings. The lowest BCUT2D eigenvalue weighted by atomic mass is 10.2. The molecule has 5 nitrogen and oxygen atoms in total. The number of aromatic nitrogens is 4. The molecule has 0 saturated carbocycles. The van der Waals surface area contributed by atoms with E-state index in [4.69, 9.17) is 11.6 Å². The Kier molecular flexibility index (Phi) is 3.16. The molecule has 0 radical (unpaired) electrons. The van der Waals surface area contributed by atoms with Gasteiger partial charge in [-0.2, -0.15) is 0 Å². The average molecular weight is 325 g/mol. The Morgan fingerprint density at radius 1 is 1.00 bits per heavy atom. The smallest absolute Gasteiger partial charge is 0.281 e. The fraction of sp³-hybridized carbons (Fsp3) is 0.118. The minimum absolute atomic E-state index is 0.149. The number of nitrogens with zero attached hydrogens (tertiary/aromatic N) is 4. The number of hydrogen-bond donors (Lipinski definition) is 0. The lowest BCUT2D eigenvalue weighted by Crippen LogP contribution is -2.19. The number of fused-ring (bicyclic) bond motifs is 3. The van der Waals surface area contributed by atoms with Gasteiger partial charge in [0.15, 0.2) is 0 Å². The first-order valence-electron chi connectivity index (χ1n) is 7.23. The number of aryl methyl sites for hydroxylation is 1. The second-order valence-electron chi connectivity index (χ2n) is 5.39. The van der Waals surface area contributed by atoms with E-state index in [1.807, 2.05) is 53.1 Å². The van der Waals surface area contributed by atoms with Gasteiger partial charge in [-0.25, -0.2) is 4.40 Å². The first kappa shape index (κ1) is 14.0. The van der Waals surface area contributed by atoms with E-state index >= 15 is 0 Å². The third-order valence-electron chi connectivity index (χ3n) is 3.94. The quantitative estimate of drug-likeness (QED) is 0.569. The standard InChI is InChI=1S/C17H13ClN4O/c1-11-16(23)22-15-9-5-4-8-14(15)21(17(22)20-19-11)10-12-6-2-3-7-13(12)18/h2-9H,10H2,1H3. The Bertz CT molecular complexity index is 1100. The summed E-state index contributed by atoms with van der Waals surface area (Å²) in [6.07, 6.45) is 0. The van der Waals surface area contributed by atoms with Gasteiger partial charge >= 0.3 is 0 Å². The summed E-state index contributed by atoms with van der Waals surface area (Å²) in [6.45, 7) is 2.19. The molecule has 2 heterocycles. The van der Waals surface area contributed by atoms with E-state index in [0.29, 0.717) is 23.0 Å². The van der Waals surface area contributed by atoms with Crippen LogP contribution in [0.3, 0.4) is 0 Å². The minimum Gasteiger partial charge on any atom is -0.304 e. The van der Waals surface area contributed by atoms with Crippen LogP contribution in [0.2, 0.25) is 5.02 Å². The molecular formula is C17H13ClN4O. The molecule has 0 atom stereocenters. The second-order valence-corrected chi connectivity index (χ2v) is 5.80. The van der Waals surface area contributed by atoms with Crippen LogP contribution in [0.5, 0.6) is 0 Å². The summed E-state index contributed by atoms with van der Waals surface area (Å²) in [5.74, 6) is 0.515. The largest absolute Gasteiger partial charge is 0.304 e. The Hall–Kier alpha value is -2.66.